The predicted octanol–water partition coefficient (Wildman–Crippen LogP) is 3.79. The zero-order chi connectivity index (χ0) is 19.8. The number of guanidine groups is 1. The van der Waals surface area contributed by atoms with Crippen LogP contribution in [0.25, 0.3) is 0 Å². The molecule has 2 aromatic rings. The maximum atomic E-state index is 13.8. The lowest BCUT2D eigenvalue weighted by Crippen LogP contribution is -2.38. The first-order chi connectivity index (χ1) is 13.7. The molecule has 0 bridgehead atoms. The van der Waals surface area contributed by atoms with Gasteiger partial charge in [-0.25, -0.2) is 8.78 Å². The lowest BCUT2D eigenvalue weighted by Gasteiger charge is -2.21. The maximum absolute atomic E-state index is 13.8. The van der Waals surface area contributed by atoms with Crippen LogP contribution in [0.3, 0.4) is 0 Å². The molecule has 0 aromatic heterocycles. The molecule has 29 heavy (non-hydrogen) atoms. The Bertz CT molecular complexity index is 834. The Morgan fingerprint density at radius 3 is 2.72 bits per heavy atom. The minimum atomic E-state index is -0.298. The van der Waals surface area contributed by atoms with Gasteiger partial charge in [-0.05, 0) is 49.1 Å². The van der Waals surface area contributed by atoms with E-state index in [9.17, 15) is 8.78 Å². The highest BCUT2D eigenvalue weighted by atomic mass is 127. The van der Waals surface area contributed by atoms with Gasteiger partial charge in [0.2, 0.25) is 0 Å². The molecule has 0 spiro atoms. The zero-order valence-corrected chi connectivity index (χ0v) is 18.7. The Balaban J connectivity index is 0.00000300. The maximum Gasteiger partial charge on any atom is 0.191 e. The molecule has 0 saturated heterocycles. The van der Waals surface area contributed by atoms with E-state index in [1.807, 2.05) is 13.0 Å². The van der Waals surface area contributed by atoms with Crippen LogP contribution in [0.2, 0.25) is 0 Å². The molecule has 2 aromatic carbocycles. The van der Waals surface area contributed by atoms with Crippen LogP contribution in [-0.2, 0) is 24.2 Å². The van der Waals surface area contributed by atoms with Crippen molar-refractivity contribution in [2.75, 3.05) is 26.4 Å². The lowest BCUT2D eigenvalue weighted by molar-refractivity contribution is -0.0172. The van der Waals surface area contributed by atoms with Gasteiger partial charge in [0.15, 0.2) is 12.8 Å². The third-order valence-electron chi connectivity index (χ3n) is 4.39. The number of benzene rings is 2. The van der Waals surface area contributed by atoms with Crippen LogP contribution in [0.1, 0.15) is 23.6 Å². The van der Waals surface area contributed by atoms with E-state index < -0.39 is 0 Å². The third-order valence-corrected chi connectivity index (χ3v) is 4.39. The molecule has 0 saturated carbocycles. The quantitative estimate of drug-likeness (QED) is 0.334. The highest BCUT2D eigenvalue weighted by Crippen LogP contribution is 2.29. The minimum Gasteiger partial charge on any atom is -0.467 e. The first kappa shape index (κ1) is 23.3. The molecule has 0 radical (unpaired) electrons. The van der Waals surface area contributed by atoms with Crippen LogP contribution in [0.15, 0.2) is 41.4 Å². The largest absolute Gasteiger partial charge is 0.467 e. The van der Waals surface area contributed by atoms with E-state index >= 15 is 0 Å². The van der Waals surface area contributed by atoms with Gasteiger partial charge in [0.1, 0.15) is 17.4 Å². The summed E-state index contributed by atoms with van der Waals surface area (Å²) in [5.41, 5.74) is 2.17. The van der Waals surface area contributed by atoms with Crippen molar-refractivity contribution in [2.24, 2.45) is 4.99 Å². The SMILES string of the molecule is CCNC(=NCCc1ccccc1F)NCCc1cc(F)cc2c1OCOC2.I. The fourth-order valence-corrected chi connectivity index (χ4v) is 3.09. The summed E-state index contributed by atoms with van der Waals surface area (Å²) in [6.07, 6.45) is 1.10. The summed E-state index contributed by atoms with van der Waals surface area (Å²) in [5, 5.41) is 6.40. The van der Waals surface area contributed by atoms with E-state index in [4.69, 9.17) is 9.47 Å². The molecule has 0 unspecified atom stereocenters. The van der Waals surface area contributed by atoms with Crippen molar-refractivity contribution in [3.8, 4) is 5.75 Å². The summed E-state index contributed by atoms with van der Waals surface area (Å²) < 4.78 is 38.3. The number of aliphatic imine (C=N–C) groups is 1. The summed E-state index contributed by atoms with van der Waals surface area (Å²) in [4.78, 5) is 4.49. The number of hydrogen-bond acceptors (Lipinski definition) is 3. The summed E-state index contributed by atoms with van der Waals surface area (Å²) >= 11 is 0. The second-order valence-corrected chi connectivity index (χ2v) is 6.44. The predicted molar refractivity (Wildman–Crippen MR) is 120 cm³/mol. The Morgan fingerprint density at radius 2 is 1.93 bits per heavy atom. The van der Waals surface area contributed by atoms with E-state index in [1.54, 1.807) is 12.1 Å². The molecule has 158 valence electrons. The van der Waals surface area contributed by atoms with Crippen LogP contribution in [0.5, 0.6) is 5.75 Å². The molecule has 2 N–H and O–H groups in total. The second-order valence-electron chi connectivity index (χ2n) is 6.44. The highest BCUT2D eigenvalue weighted by molar-refractivity contribution is 14.0. The van der Waals surface area contributed by atoms with Crippen LogP contribution < -0.4 is 15.4 Å². The van der Waals surface area contributed by atoms with Crippen molar-refractivity contribution in [2.45, 2.75) is 26.4 Å². The first-order valence-electron chi connectivity index (χ1n) is 9.44. The normalized spacial score (nSPS) is 13.1. The number of fused-ring (bicyclic) bond motifs is 1. The fraction of sp³-hybridized carbons (Fsp3) is 0.381. The average molecular weight is 517 g/mol. The van der Waals surface area contributed by atoms with Gasteiger partial charge in [-0.3, -0.25) is 4.99 Å². The summed E-state index contributed by atoms with van der Waals surface area (Å²) in [7, 11) is 0. The number of hydrogen-bond donors (Lipinski definition) is 2. The monoisotopic (exact) mass is 517 g/mol. The van der Waals surface area contributed by atoms with Crippen molar-refractivity contribution >= 4 is 29.9 Å². The Morgan fingerprint density at radius 1 is 1.10 bits per heavy atom. The number of halogens is 3. The van der Waals surface area contributed by atoms with Crippen molar-refractivity contribution in [1.29, 1.82) is 0 Å². The molecule has 1 heterocycles. The van der Waals surface area contributed by atoms with Gasteiger partial charge in [-0.15, -0.1) is 24.0 Å². The number of ether oxygens (including phenoxy) is 2. The van der Waals surface area contributed by atoms with Gasteiger partial charge in [0, 0.05) is 25.2 Å². The second kappa shape index (κ2) is 11.9. The third kappa shape index (κ3) is 6.81. The molecule has 8 heteroatoms. The summed E-state index contributed by atoms with van der Waals surface area (Å²) in [5.74, 6) is 0.841. The van der Waals surface area contributed by atoms with Gasteiger partial charge in [0.25, 0.3) is 0 Å². The number of nitrogens with one attached hydrogen (secondary N) is 2. The van der Waals surface area contributed by atoms with Gasteiger partial charge in [-0.2, -0.15) is 0 Å². The average Bonchev–Trinajstić information content (AvgIpc) is 2.69. The van der Waals surface area contributed by atoms with Crippen LogP contribution in [-0.4, -0.2) is 32.4 Å². The zero-order valence-electron chi connectivity index (χ0n) is 16.3. The van der Waals surface area contributed by atoms with Gasteiger partial charge in [0.05, 0.1) is 6.61 Å². The van der Waals surface area contributed by atoms with E-state index in [1.165, 1.54) is 18.2 Å². The van der Waals surface area contributed by atoms with E-state index in [2.05, 4.69) is 15.6 Å². The molecule has 5 nitrogen and oxygen atoms in total. The molecule has 1 aliphatic heterocycles. The number of nitrogens with zero attached hydrogens (tertiary/aromatic N) is 1. The summed E-state index contributed by atoms with van der Waals surface area (Å²) in [6, 6.07) is 9.65. The lowest BCUT2D eigenvalue weighted by atomic mass is 10.1. The van der Waals surface area contributed by atoms with E-state index in [-0.39, 0.29) is 42.4 Å². The Hall–Kier alpha value is -1.94. The molecule has 1 aliphatic rings. The fourth-order valence-electron chi connectivity index (χ4n) is 3.09. The van der Waals surface area contributed by atoms with Crippen molar-refractivity contribution in [3.63, 3.8) is 0 Å². The molecular formula is C21H26F2IN3O2. The van der Waals surface area contributed by atoms with Crippen LogP contribution >= 0.6 is 24.0 Å². The van der Waals surface area contributed by atoms with Crippen LogP contribution in [0.4, 0.5) is 8.78 Å². The topological polar surface area (TPSA) is 54.9 Å². The molecular weight excluding hydrogens is 491 g/mol. The van der Waals surface area contributed by atoms with E-state index in [0.717, 1.165) is 11.1 Å². The van der Waals surface area contributed by atoms with Gasteiger partial charge in [-0.1, -0.05) is 18.2 Å². The molecule has 3 rings (SSSR count). The van der Waals surface area contributed by atoms with Crippen LogP contribution in [0, 0.1) is 11.6 Å². The summed E-state index contributed by atoms with van der Waals surface area (Å²) in [6.45, 7) is 4.25. The van der Waals surface area contributed by atoms with Crippen molar-refractivity contribution in [1.82, 2.24) is 10.6 Å². The first-order valence-corrected chi connectivity index (χ1v) is 9.44. The van der Waals surface area contributed by atoms with Crippen molar-refractivity contribution < 1.29 is 18.3 Å². The minimum absolute atomic E-state index is 0. The number of rotatable bonds is 7. The van der Waals surface area contributed by atoms with Gasteiger partial charge < -0.3 is 20.1 Å². The standard InChI is InChI=1S/C21H25F2N3O2.HI/c1-2-24-21(25-9-7-15-5-3-4-6-19(15)23)26-10-8-16-11-18(22)12-17-13-27-14-28-20(16)17;/h3-6,11-12H,2,7-10,13-14H2,1H3,(H2,24,25,26);1H. The highest BCUT2D eigenvalue weighted by Gasteiger charge is 2.16. The smallest absolute Gasteiger partial charge is 0.191 e. The molecule has 0 fully saturated rings. The van der Waals surface area contributed by atoms with E-state index in [0.29, 0.717) is 56.4 Å². The molecule has 0 atom stereocenters. The Kier molecular flexibility index (Phi) is 9.59. The Labute approximate surface area is 186 Å². The molecule has 0 aliphatic carbocycles. The van der Waals surface area contributed by atoms with Crippen molar-refractivity contribution in [3.05, 3.63) is 64.7 Å². The molecule has 0 amide bonds. The van der Waals surface area contributed by atoms with Gasteiger partial charge >= 0.3 is 0 Å².